The monoisotopic (exact) mass is 343 g/mol. The summed E-state index contributed by atoms with van der Waals surface area (Å²) in [6.07, 6.45) is 1.04. The molecule has 25 heavy (non-hydrogen) atoms. The Kier molecular flexibility index (Phi) is 7.10. The van der Waals surface area contributed by atoms with E-state index in [-0.39, 0.29) is 17.4 Å². The van der Waals surface area contributed by atoms with E-state index in [1.807, 2.05) is 30.3 Å². The smallest absolute Gasteiger partial charge is 0.251 e. The number of halogens is 1. The fourth-order valence-electron chi connectivity index (χ4n) is 2.33. The van der Waals surface area contributed by atoms with Crippen molar-refractivity contribution >= 4 is 11.8 Å². The van der Waals surface area contributed by atoms with Crippen LogP contribution in [0.3, 0.4) is 0 Å². The Labute approximate surface area is 146 Å². The fraction of sp³-hybridized carbons (Fsp3) is 0.263. The first kappa shape index (κ1) is 18.6. The molecular weight excluding hydrogens is 321 g/mol. The third-order valence-corrected chi connectivity index (χ3v) is 3.66. The van der Waals surface area contributed by atoms with E-state index in [0.717, 1.165) is 5.56 Å². The van der Waals surface area contributed by atoms with Gasteiger partial charge in [0.25, 0.3) is 5.91 Å². The molecule has 0 aliphatic carbocycles. The van der Waals surface area contributed by atoms with Crippen LogP contribution >= 0.6 is 0 Å². The van der Waals surface area contributed by atoms with E-state index in [0.29, 0.717) is 25.9 Å². The highest BCUT2D eigenvalue weighted by atomic mass is 19.1. The summed E-state index contributed by atoms with van der Waals surface area (Å²) in [6, 6.07) is 14.5. The second-order valence-corrected chi connectivity index (χ2v) is 5.71. The predicted octanol–water partition coefficient (Wildman–Crippen LogP) is 1.63. The maximum Gasteiger partial charge on any atom is 0.251 e. The molecule has 2 aromatic carbocycles. The van der Waals surface area contributed by atoms with Crippen LogP contribution in [0.1, 0.15) is 22.3 Å². The van der Waals surface area contributed by atoms with Crippen LogP contribution < -0.4 is 16.4 Å². The Morgan fingerprint density at radius 1 is 1.00 bits per heavy atom. The molecule has 2 rings (SSSR count). The minimum absolute atomic E-state index is 0.222. The van der Waals surface area contributed by atoms with Gasteiger partial charge < -0.3 is 16.4 Å². The van der Waals surface area contributed by atoms with Gasteiger partial charge in [0.2, 0.25) is 5.91 Å². The average molecular weight is 343 g/mol. The van der Waals surface area contributed by atoms with Crippen LogP contribution in [-0.4, -0.2) is 30.9 Å². The van der Waals surface area contributed by atoms with Crippen molar-refractivity contribution in [2.75, 3.05) is 13.1 Å². The molecular formula is C19H22FN3O2. The van der Waals surface area contributed by atoms with Crippen molar-refractivity contribution in [2.24, 2.45) is 5.73 Å². The molecule has 0 spiro atoms. The topological polar surface area (TPSA) is 84.2 Å². The summed E-state index contributed by atoms with van der Waals surface area (Å²) in [7, 11) is 0. The lowest BCUT2D eigenvalue weighted by Crippen LogP contribution is -2.42. The molecule has 0 saturated carbocycles. The number of hydrogen-bond donors (Lipinski definition) is 3. The van der Waals surface area contributed by atoms with E-state index in [1.54, 1.807) is 6.07 Å². The van der Waals surface area contributed by atoms with E-state index in [1.165, 1.54) is 18.2 Å². The number of amides is 2. The van der Waals surface area contributed by atoms with Crippen molar-refractivity contribution in [3.63, 3.8) is 0 Å². The molecule has 4 N–H and O–H groups in total. The molecule has 0 radical (unpaired) electrons. The normalized spacial score (nSPS) is 11.6. The van der Waals surface area contributed by atoms with Crippen LogP contribution in [0.15, 0.2) is 54.6 Å². The molecule has 1 atom stereocenters. The minimum Gasteiger partial charge on any atom is -0.355 e. The summed E-state index contributed by atoms with van der Waals surface area (Å²) in [5.74, 6) is -1.01. The number of carbonyl (C=O) groups is 2. The van der Waals surface area contributed by atoms with Gasteiger partial charge in [0.15, 0.2) is 0 Å². The zero-order chi connectivity index (χ0) is 18.1. The Hall–Kier alpha value is -2.73. The number of nitrogens with two attached hydrogens (primary N) is 1. The molecule has 5 nitrogen and oxygen atoms in total. The molecule has 0 aliphatic heterocycles. The number of nitrogens with one attached hydrogen (secondary N) is 2. The van der Waals surface area contributed by atoms with Gasteiger partial charge in [-0.15, -0.1) is 0 Å². The van der Waals surface area contributed by atoms with Crippen molar-refractivity contribution < 1.29 is 14.0 Å². The summed E-state index contributed by atoms with van der Waals surface area (Å²) in [4.78, 5) is 23.8. The largest absolute Gasteiger partial charge is 0.355 e. The predicted molar refractivity (Wildman–Crippen MR) is 94.5 cm³/mol. The van der Waals surface area contributed by atoms with Crippen LogP contribution in [0.5, 0.6) is 0 Å². The van der Waals surface area contributed by atoms with Gasteiger partial charge in [0.05, 0.1) is 6.04 Å². The lowest BCUT2D eigenvalue weighted by molar-refractivity contribution is -0.122. The second kappa shape index (κ2) is 9.54. The zero-order valence-corrected chi connectivity index (χ0v) is 13.9. The van der Waals surface area contributed by atoms with Crippen LogP contribution in [0.25, 0.3) is 0 Å². The number of carbonyl (C=O) groups excluding carboxylic acids is 2. The number of rotatable bonds is 8. The van der Waals surface area contributed by atoms with E-state index in [4.69, 9.17) is 5.73 Å². The highest BCUT2D eigenvalue weighted by molar-refractivity contribution is 5.94. The summed E-state index contributed by atoms with van der Waals surface area (Å²) < 4.78 is 13.1. The zero-order valence-electron chi connectivity index (χ0n) is 13.9. The molecule has 0 aromatic heterocycles. The van der Waals surface area contributed by atoms with Crippen LogP contribution in [0.4, 0.5) is 4.39 Å². The summed E-state index contributed by atoms with van der Waals surface area (Å²) in [5.41, 5.74) is 7.16. The second-order valence-electron chi connectivity index (χ2n) is 5.71. The van der Waals surface area contributed by atoms with Crippen LogP contribution in [-0.2, 0) is 11.2 Å². The molecule has 0 bridgehead atoms. The average Bonchev–Trinajstić information content (AvgIpc) is 2.62. The highest BCUT2D eigenvalue weighted by Crippen LogP contribution is 2.03. The molecule has 132 valence electrons. The van der Waals surface area contributed by atoms with Crippen LogP contribution in [0, 0.1) is 5.82 Å². The first-order valence-electron chi connectivity index (χ1n) is 8.17. The van der Waals surface area contributed by atoms with Gasteiger partial charge in [-0.1, -0.05) is 36.4 Å². The number of benzene rings is 2. The summed E-state index contributed by atoms with van der Waals surface area (Å²) >= 11 is 0. The SMILES string of the molecule is N[C@@H](Cc1ccccc1)C(=O)NCCCNC(=O)c1cccc(F)c1. The van der Waals surface area contributed by atoms with E-state index >= 15 is 0 Å². The van der Waals surface area contributed by atoms with Gasteiger partial charge in [-0.2, -0.15) is 0 Å². The van der Waals surface area contributed by atoms with Crippen molar-refractivity contribution in [2.45, 2.75) is 18.9 Å². The van der Waals surface area contributed by atoms with Crippen molar-refractivity contribution in [1.82, 2.24) is 10.6 Å². The fourth-order valence-corrected chi connectivity index (χ4v) is 2.33. The quantitative estimate of drug-likeness (QED) is 0.637. The Morgan fingerprint density at radius 3 is 2.44 bits per heavy atom. The molecule has 6 heteroatoms. The Balaban J connectivity index is 1.63. The van der Waals surface area contributed by atoms with Gasteiger partial charge in [-0.25, -0.2) is 4.39 Å². The highest BCUT2D eigenvalue weighted by Gasteiger charge is 2.13. The van der Waals surface area contributed by atoms with E-state index in [2.05, 4.69) is 10.6 Å². The molecule has 0 unspecified atom stereocenters. The molecule has 2 aromatic rings. The Morgan fingerprint density at radius 2 is 1.72 bits per heavy atom. The van der Waals surface area contributed by atoms with Gasteiger partial charge in [0, 0.05) is 18.7 Å². The molecule has 0 heterocycles. The Bertz CT molecular complexity index is 707. The molecule has 0 aliphatic rings. The van der Waals surface area contributed by atoms with Gasteiger partial charge in [-0.3, -0.25) is 9.59 Å². The first-order valence-corrected chi connectivity index (χ1v) is 8.17. The summed E-state index contributed by atoms with van der Waals surface area (Å²) in [5, 5.41) is 5.43. The maximum absolute atomic E-state index is 13.1. The number of hydrogen-bond acceptors (Lipinski definition) is 3. The van der Waals surface area contributed by atoms with E-state index in [9.17, 15) is 14.0 Å². The summed E-state index contributed by atoms with van der Waals surface area (Å²) in [6.45, 7) is 0.786. The lowest BCUT2D eigenvalue weighted by Gasteiger charge is -2.12. The van der Waals surface area contributed by atoms with Gasteiger partial charge >= 0.3 is 0 Å². The first-order chi connectivity index (χ1) is 12.1. The third kappa shape index (κ3) is 6.35. The van der Waals surface area contributed by atoms with Gasteiger partial charge in [0.1, 0.15) is 5.82 Å². The van der Waals surface area contributed by atoms with Gasteiger partial charge in [-0.05, 0) is 36.6 Å². The van der Waals surface area contributed by atoms with Crippen molar-refractivity contribution in [1.29, 1.82) is 0 Å². The lowest BCUT2D eigenvalue weighted by atomic mass is 10.1. The minimum atomic E-state index is -0.607. The molecule has 0 fully saturated rings. The van der Waals surface area contributed by atoms with E-state index < -0.39 is 11.9 Å². The molecule has 2 amide bonds. The third-order valence-electron chi connectivity index (χ3n) is 3.66. The van der Waals surface area contributed by atoms with Crippen LogP contribution in [0.2, 0.25) is 0 Å². The van der Waals surface area contributed by atoms with Crippen molar-refractivity contribution in [3.05, 3.63) is 71.5 Å². The molecule has 0 saturated heterocycles. The maximum atomic E-state index is 13.1. The standard InChI is InChI=1S/C19H22FN3O2/c20-16-9-4-8-15(13-16)18(24)22-10-5-11-23-19(25)17(21)12-14-6-2-1-3-7-14/h1-4,6-9,13,17H,5,10-12,21H2,(H,22,24)(H,23,25)/t17-/m0/s1. The van der Waals surface area contributed by atoms with Crippen molar-refractivity contribution in [3.8, 4) is 0 Å².